The first kappa shape index (κ1) is 18.6. The van der Waals surface area contributed by atoms with Crippen molar-refractivity contribution in [2.45, 2.75) is 39.0 Å². The quantitative estimate of drug-likeness (QED) is 0.768. The van der Waals surface area contributed by atoms with Crippen molar-refractivity contribution in [3.63, 3.8) is 0 Å². The average Bonchev–Trinajstić information content (AvgIpc) is 2.93. The third-order valence-corrected chi connectivity index (χ3v) is 4.33. The number of likely N-dealkylation sites (N-methyl/N-ethyl adjacent to an activating group) is 1. The second-order valence-electron chi connectivity index (χ2n) is 6.53. The molecule has 0 aliphatic carbocycles. The summed E-state index contributed by atoms with van der Waals surface area (Å²) in [6.45, 7) is 5.55. The van der Waals surface area contributed by atoms with E-state index in [0.29, 0.717) is 19.5 Å². The van der Waals surface area contributed by atoms with Crippen LogP contribution in [-0.4, -0.2) is 40.1 Å². The molecule has 0 atom stereocenters. The molecule has 24 heavy (non-hydrogen) atoms. The highest BCUT2D eigenvalue weighted by Gasteiger charge is 2.20. The summed E-state index contributed by atoms with van der Waals surface area (Å²) in [6, 6.07) is 10.2. The maximum absolute atomic E-state index is 11.5. The maximum Gasteiger partial charge on any atom is 0.226 e. The molecule has 1 amide bonds. The van der Waals surface area contributed by atoms with Crippen LogP contribution in [0.15, 0.2) is 35.7 Å². The normalized spacial score (nSPS) is 11.7. The smallest absolute Gasteiger partial charge is 0.226 e. The number of thiazole rings is 1. The first-order valence-corrected chi connectivity index (χ1v) is 8.86. The lowest BCUT2D eigenvalue weighted by Gasteiger charge is -2.28. The fourth-order valence-corrected chi connectivity index (χ4v) is 3.30. The van der Waals surface area contributed by atoms with Gasteiger partial charge in [-0.1, -0.05) is 30.3 Å². The van der Waals surface area contributed by atoms with Gasteiger partial charge >= 0.3 is 0 Å². The highest BCUT2D eigenvalue weighted by atomic mass is 32.1. The predicted molar refractivity (Wildman–Crippen MR) is 96.7 cm³/mol. The maximum atomic E-state index is 11.5. The molecule has 2 aromatic rings. The van der Waals surface area contributed by atoms with E-state index in [2.05, 4.69) is 27.3 Å². The molecule has 0 bridgehead atoms. The van der Waals surface area contributed by atoms with E-state index in [-0.39, 0.29) is 5.91 Å². The van der Waals surface area contributed by atoms with Crippen molar-refractivity contribution in [3.05, 3.63) is 52.0 Å². The van der Waals surface area contributed by atoms with E-state index in [1.165, 1.54) is 16.9 Å². The summed E-state index contributed by atoms with van der Waals surface area (Å²) in [7, 11) is 1.63. The number of hydrogen-bond acceptors (Lipinski definition) is 5. The Hall–Kier alpha value is -1.76. The van der Waals surface area contributed by atoms with Crippen molar-refractivity contribution in [3.8, 4) is 0 Å². The molecular weight excluding hydrogens is 322 g/mol. The van der Waals surface area contributed by atoms with Crippen LogP contribution in [0.4, 0.5) is 0 Å². The van der Waals surface area contributed by atoms with Gasteiger partial charge in [-0.05, 0) is 19.4 Å². The molecular formula is C18H25N3O2S. The lowest BCUT2D eigenvalue weighted by Crippen LogP contribution is -2.38. The third kappa shape index (κ3) is 6.39. The van der Waals surface area contributed by atoms with Gasteiger partial charge in [0.2, 0.25) is 5.91 Å². The largest absolute Gasteiger partial charge is 0.389 e. The van der Waals surface area contributed by atoms with E-state index in [1.54, 1.807) is 7.05 Å². The van der Waals surface area contributed by atoms with Crippen molar-refractivity contribution >= 4 is 17.2 Å². The van der Waals surface area contributed by atoms with Crippen molar-refractivity contribution in [2.24, 2.45) is 0 Å². The average molecular weight is 347 g/mol. The molecule has 0 aliphatic rings. The van der Waals surface area contributed by atoms with Gasteiger partial charge in [0.15, 0.2) is 0 Å². The molecule has 2 N–H and O–H groups in total. The second kappa shape index (κ2) is 8.37. The Balaban J connectivity index is 2.06. The minimum atomic E-state index is -0.782. The van der Waals surface area contributed by atoms with Gasteiger partial charge in [-0.3, -0.25) is 9.69 Å². The van der Waals surface area contributed by atoms with Crippen LogP contribution in [0.5, 0.6) is 0 Å². The fourth-order valence-electron chi connectivity index (χ4n) is 2.51. The molecule has 5 nitrogen and oxygen atoms in total. The zero-order chi connectivity index (χ0) is 17.6. The van der Waals surface area contributed by atoms with E-state index in [1.807, 2.05) is 37.4 Å². The highest BCUT2D eigenvalue weighted by molar-refractivity contribution is 7.09. The van der Waals surface area contributed by atoms with Crippen molar-refractivity contribution < 1.29 is 9.90 Å². The molecule has 1 aromatic heterocycles. The van der Waals surface area contributed by atoms with Crippen molar-refractivity contribution in [2.75, 3.05) is 13.6 Å². The summed E-state index contributed by atoms with van der Waals surface area (Å²) in [5.41, 5.74) is 1.34. The van der Waals surface area contributed by atoms with Gasteiger partial charge in [0, 0.05) is 32.1 Å². The molecule has 0 unspecified atom stereocenters. The Morgan fingerprint density at radius 3 is 2.62 bits per heavy atom. The highest BCUT2D eigenvalue weighted by Crippen LogP contribution is 2.16. The summed E-state index contributed by atoms with van der Waals surface area (Å²) in [5, 5.41) is 15.6. The van der Waals surface area contributed by atoms with Crippen molar-refractivity contribution in [1.29, 1.82) is 0 Å². The number of nitrogens with one attached hydrogen (secondary N) is 1. The first-order valence-electron chi connectivity index (χ1n) is 7.98. The summed E-state index contributed by atoms with van der Waals surface area (Å²) < 4.78 is 0. The van der Waals surface area contributed by atoms with Gasteiger partial charge in [0.1, 0.15) is 5.01 Å². The number of hydrogen-bond donors (Lipinski definition) is 2. The van der Waals surface area contributed by atoms with E-state index in [0.717, 1.165) is 17.2 Å². The summed E-state index contributed by atoms with van der Waals surface area (Å²) in [6.07, 6.45) is 0.311. The second-order valence-corrected chi connectivity index (χ2v) is 7.47. The predicted octanol–water partition coefficient (Wildman–Crippen LogP) is 2.20. The molecule has 0 saturated heterocycles. The van der Waals surface area contributed by atoms with Crippen LogP contribution in [0.1, 0.15) is 30.1 Å². The molecule has 0 spiro atoms. The van der Waals surface area contributed by atoms with Crippen LogP contribution in [0.2, 0.25) is 0 Å². The van der Waals surface area contributed by atoms with Crippen LogP contribution in [0.3, 0.4) is 0 Å². The monoisotopic (exact) mass is 347 g/mol. The molecule has 1 heterocycles. The lowest BCUT2D eigenvalue weighted by atomic mass is 10.1. The number of aromatic nitrogens is 1. The number of carbonyl (C=O) groups excluding carboxylic acids is 1. The molecule has 6 heteroatoms. The SMILES string of the molecule is CNC(=O)Cc1nc(CN(Cc2ccccc2)CC(C)(C)O)cs1. The molecule has 0 saturated carbocycles. The number of rotatable bonds is 8. The summed E-state index contributed by atoms with van der Waals surface area (Å²) in [4.78, 5) is 18.2. The van der Waals surface area contributed by atoms with Gasteiger partial charge in [-0.2, -0.15) is 0 Å². The molecule has 2 rings (SSSR count). The number of nitrogens with zero attached hydrogens (tertiary/aromatic N) is 2. The minimum absolute atomic E-state index is 0.0338. The van der Waals surface area contributed by atoms with Gasteiger partial charge in [-0.15, -0.1) is 11.3 Å². The van der Waals surface area contributed by atoms with E-state index >= 15 is 0 Å². The topological polar surface area (TPSA) is 65.5 Å². The summed E-state index contributed by atoms with van der Waals surface area (Å²) >= 11 is 1.50. The summed E-state index contributed by atoms with van der Waals surface area (Å²) in [5.74, 6) is -0.0338. The Kier molecular flexibility index (Phi) is 6.48. The standard InChI is InChI=1S/C18H25N3O2S/c1-18(2,23)13-21(10-14-7-5-4-6-8-14)11-15-12-24-17(20-15)9-16(22)19-3/h4-8,12,23H,9-11,13H2,1-3H3,(H,19,22). The fraction of sp³-hybridized carbons (Fsp3) is 0.444. The number of amides is 1. The van der Waals surface area contributed by atoms with Crippen LogP contribution < -0.4 is 5.32 Å². The van der Waals surface area contributed by atoms with Crippen LogP contribution in [-0.2, 0) is 24.3 Å². The Bertz CT molecular complexity index is 650. The molecule has 0 fully saturated rings. The Morgan fingerprint density at radius 2 is 2.00 bits per heavy atom. The third-order valence-electron chi connectivity index (χ3n) is 3.44. The number of benzene rings is 1. The van der Waals surface area contributed by atoms with Crippen molar-refractivity contribution in [1.82, 2.24) is 15.2 Å². The first-order chi connectivity index (χ1) is 11.4. The number of aliphatic hydroxyl groups is 1. The minimum Gasteiger partial charge on any atom is -0.389 e. The molecule has 0 aliphatic heterocycles. The van der Waals surface area contributed by atoms with Crippen LogP contribution in [0, 0.1) is 0 Å². The molecule has 0 radical (unpaired) electrons. The molecule has 1 aromatic carbocycles. The van der Waals surface area contributed by atoms with E-state index < -0.39 is 5.60 Å². The number of carbonyl (C=O) groups is 1. The zero-order valence-electron chi connectivity index (χ0n) is 14.5. The Morgan fingerprint density at radius 1 is 1.29 bits per heavy atom. The van der Waals surface area contributed by atoms with Gasteiger partial charge in [0.25, 0.3) is 0 Å². The lowest BCUT2D eigenvalue weighted by molar-refractivity contribution is -0.119. The zero-order valence-corrected chi connectivity index (χ0v) is 15.3. The molecule has 130 valence electrons. The van der Waals surface area contributed by atoms with Gasteiger partial charge in [-0.25, -0.2) is 4.98 Å². The van der Waals surface area contributed by atoms with Crippen LogP contribution in [0.25, 0.3) is 0 Å². The van der Waals surface area contributed by atoms with Crippen LogP contribution >= 0.6 is 11.3 Å². The Labute approximate surface area is 147 Å². The van der Waals surface area contributed by atoms with Gasteiger partial charge < -0.3 is 10.4 Å². The van der Waals surface area contributed by atoms with E-state index in [9.17, 15) is 9.90 Å². The van der Waals surface area contributed by atoms with Gasteiger partial charge in [0.05, 0.1) is 17.7 Å². The van der Waals surface area contributed by atoms with E-state index in [4.69, 9.17) is 0 Å².